The summed E-state index contributed by atoms with van der Waals surface area (Å²) in [7, 11) is 1.67. The molecular weight excluding hydrogens is 338 g/mol. The van der Waals surface area contributed by atoms with Crippen LogP contribution in [-0.4, -0.2) is 17.1 Å². The minimum Gasteiger partial charge on any atom is -0.497 e. The van der Waals surface area contributed by atoms with Crippen molar-refractivity contribution < 1.29 is 9.15 Å². The van der Waals surface area contributed by atoms with E-state index in [1.165, 1.54) is 0 Å². The monoisotopic (exact) mass is 359 g/mol. The van der Waals surface area contributed by atoms with Crippen LogP contribution >= 0.6 is 0 Å². The average Bonchev–Trinajstić information content (AvgIpc) is 3.15. The molecular formula is C22H21N3O2. The molecule has 0 bridgehead atoms. The minimum atomic E-state index is 0.0820. The summed E-state index contributed by atoms with van der Waals surface area (Å²) in [4.78, 5) is 9.15. The lowest BCUT2D eigenvalue weighted by Gasteiger charge is -2.16. The lowest BCUT2D eigenvalue weighted by atomic mass is 10.1. The molecule has 4 rings (SSSR count). The van der Waals surface area contributed by atoms with Crippen LogP contribution in [0.2, 0.25) is 0 Å². The van der Waals surface area contributed by atoms with Gasteiger partial charge >= 0.3 is 0 Å². The fourth-order valence-electron chi connectivity index (χ4n) is 3.13. The number of aryl methyl sites for hydroxylation is 1. The van der Waals surface area contributed by atoms with Crippen molar-refractivity contribution in [1.82, 2.24) is 9.97 Å². The van der Waals surface area contributed by atoms with E-state index < -0.39 is 0 Å². The number of nitrogens with one attached hydrogen (secondary N) is 1. The molecule has 0 fully saturated rings. The van der Waals surface area contributed by atoms with Gasteiger partial charge in [0.2, 0.25) is 0 Å². The van der Waals surface area contributed by atoms with E-state index in [0.717, 1.165) is 45.2 Å². The number of hydrogen-bond donors (Lipinski definition) is 1. The molecule has 2 heterocycles. The lowest BCUT2D eigenvalue weighted by molar-refractivity contribution is 0.414. The van der Waals surface area contributed by atoms with E-state index in [2.05, 4.69) is 34.3 Å². The molecule has 2 aromatic heterocycles. The van der Waals surface area contributed by atoms with E-state index in [1.54, 1.807) is 13.4 Å². The van der Waals surface area contributed by atoms with Crippen LogP contribution in [-0.2, 0) is 0 Å². The van der Waals surface area contributed by atoms with Crippen molar-refractivity contribution in [3.63, 3.8) is 0 Å². The second kappa shape index (κ2) is 7.11. The topological polar surface area (TPSA) is 60.2 Å². The molecule has 4 aromatic rings. The number of rotatable bonds is 5. The smallest absolute Gasteiger partial charge is 0.133 e. The molecule has 1 atom stereocenters. The van der Waals surface area contributed by atoms with Crippen molar-refractivity contribution in [2.45, 2.75) is 19.9 Å². The molecule has 1 N–H and O–H groups in total. The Labute approximate surface area is 158 Å². The van der Waals surface area contributed by atoms with Gasteiger partial charge in [-0.15, -0.1) is 0 Å². The first-order chi connectivity index (χ1) is 13.1. The van der Waals surface area contributed by atoms with Crippen molar-refractivity contribution in [1.29, 1.82) is 0 Å². The molecule has 0 amide bonds. The highest BCUT2D eigenvalue weighted by molar-refractivity contribution is 5.83. The highest BCUT2D eigenvalue weighted by Crippen LogP contribution is 2.27. The molecule has 0 spiro atoms. The Hall–Kier alpha value is -3.34. The molecule has 0 radical (unpaired) electrons. The predicted molar refractivity (Wildman–Crippen MR) is 107 cm³/mol. The Morgan fingerprint density at radius 3 is 2.78 bits per heavy atom. The van der Waals surface area contributed by atoms with Gasteiger partial charge in [0.05, 0.1) is 25.1 Å². The Balaban J connectivity index is 1.63. The summed E-state index contributed by atoms with van der Waals surface area (Å²) in [5.74, 6) is 2.36. The van der Waals surface area contributed by atoms with E-state index in [4.69, 9.17) is 9.15 Å². The van der Waals surface area contributed by atoms with Gasteiger partial charge < -0.3 is 14.5 Å². The molecule has 5 nitrogen and oxygen atoms in total. The first-order valence-corrected chi connectivity index (χ1v) is 8.86. The van der Waals surface area contributed by atoms with Crippen LogP contribution < -0.4 is 10.1 Å². The predicted octanol–water partition coefficient (Wildman–Crippen LogP) is 5.38. The van der Waals surface area contributed by atoms with Gasteiger partial charge in [-0.25, -0.2) is 9.97 Å². The maximum Gasteiger partial charge on any atom is 0.133 e. The van der Waals surface area contributed by atoms with Crippen LogP contribution in [0.15, 0.2) is 65.3 Å². The molecule has 1 unspecified atom stereocenters. The zero-order valence-electron chi connectivity index (χ0n) is 15.6. The first kappa shape index (κ1) is 17.1. The molecule has 0 aliphatic rings. The Morgan fingerprint density at radius 2 is 1.93 bits per heavy atom. The molecule has 2 aromatic carbocycles. The van der Waals surface area contributed by atoms with E-state index >= 15 is 0 Å². The zero-order chi connectivity index (χ0) is 18.8. The van der Waals surface area contributed by atoms with Crippen LogP contribution in [0.25, 0.3) is 22.2 Å². The molecule has 0 saturated heterocycles. The number of anilines is 1. The van der Waals surface area contributed by atoms with Crippen LogP contribution in [0.3, 0.4) is 0 Å². The van der Waals surface area contributed by atoms with Crippen molar-refractivity contribution in [2.75, 3.05) is 12.4 Å². The van der Waals surface area contributed by atoms with Gasteiger partial charge in [0.1, 0.15) is 23.0 Å². The fourth-order valence-corrected chi connectivity index (χ4v) is 3.13. The number of benzene rings is 2. The van der Waals surface area contributed by atoms with Gasteiger partial charge in [0.25, 0.3) is 0 Å². The standard InChI is InChI=1S/C22H21N3O2/c1-14(16-5-4-6-19(12-16)26-3)23-22-13-20(24-15(2)25-22)17-7-8-21-18(11-17)9-10-27-21/h4-14H,1-3H3,(H,23,24,25). The van der Waals surface area contributed by atoms with E-state index in [1.807, 2.05) is 49.4 Å². The number of furan rings is 1. The van der Waals surface area contributed by atoms with Gasteiger partial charge in [0, 0.05) is 17.0 Å². The number of methoxy groups -OCH3 is 1. The van der Waals surface area contributed by atoms with Crippen molar-refractivity contribution in [3.8, 4) is 17.0 Å². The van der Waals surface area contributed by atoms with Crippen molar-refractivity contribution in [3.05, 3.63) is 72.2 Å². The van der Waals surface area contributed by atoms with E-state index in [-0.39, 0.29) is 6.04 Å². The third kappa shape index (κ3) is 3.62. The van der Waals surface area contributed by atoms with Gasteiger partial charge in [-0.2, -0.15) is 0 Å². The van der Waals surface area contributed by atoms with Gasteiger partial charge in [0.15, 0.2) is 0 Å². The number of ether oxygens (including phenoxy) is 1. The minimum absolute atomic E-state index is 0.0820. The van der Waals surface area contributed by atoms with E-state index in [0.29, 0.717) is 0 Å². The number of nitrogens with zero attached hydrogens (tertiary/aromatic N) is 2. The summed E-state index contributed by atoms with van der Waals surface area (Å²) in [6.45, 7) is 4.00. The number of fused-ring (bicyclic) bond motifs is 1. The Kier molecular flexibility index (Phi) is 4.50. The normalized spacial score (nSPS) is 12.1. The number of aromatic nitrogens is 2. The Morgan fingerprint density at radius 1 is 1.04 bits per heavy atom. The third-order valence-corrected chi connectivity index (χ3v) is 4.54. The van der Waals surface area contributed by atoms with Crippen LogP contribution in [0, 0.1) is 6.92 Å². The van der Waals surface area contributed by atoms with Crippen LogP contribution in [0.1, 0.15) is 24.4 Å². The maximum absolute atomic E-state index is 5.42. The summed E-state index contributed by atoms with van der Waals surface area (Å²) in [6, 6.07) is 18.1. The molecule has 136 valence electrons. The Bertz CT molecular complexity index is 1090. The molecule has 5 heteroatoms. The molecule has 0 aliphatic heterocycles. The molecule has 27 heavy (non-hydrogen) atoms. The summed E-state index contributed by atoms with van der Waals surface area (Å²) in [5.41, 5.74) is 3.92. The van der Waals surface area contributed by atoms with Gasteiger partial charge in [-0.3, -0.25) is 0 Å². The number of hydrogen-bond acceptors (Lipinski definition) is 5. The van der Waals surface area contributed by atoms with E-state index in [9.17, 15) is 0 Å². The van der Waals surface area contributed by atoms with Crippen LogP contribution in [0.4, 0.5) is 5.82 Å². The molecule has 0 aliphatic carbocycles. The van der Waals surface area contributed by atoms with Gasteiger partial charge in [-0.1, -0.05) is 12.1 Å². The largest absolute Gasteiger partial charge is 0.497 e. The zero-order valence-corrected chi connectivity index (χ0v) is 15.6. The van der Waals surface area contributed by atoms with Crippen molar-refractivity contribution in [2.24, 2.45) is 0 Å². The van der Waals surface area contributed by atoms with Crippen molar-refractivity contribution >= 4 is 16.8 Å². The third-order valence-electron chi connectivity index (χ3n) is 4.54. The second-order valence-electron chi connectivity index (χ2n) is 6.50. The van der Waals surface area contributed by atoms with Crippen LogP contribution in [0.5, 0.6) is 5.75 Å². The summed E-state index contributed by atoms with van der Waals surface area (Å²) in [5, 5.41) is 4.53. The second-order valence-corrected chi connectivity index (χ2v) is 6.50. The summed E-state index contributed by atoms with van der Waals surface area (Å²) >= 11 is 0. The first-order valence-electron chi connectivity index (χ1n) is 8.86. The van der Waals surface area contributed by atoms with Gasteiger partial charge in [-0.05, 0) is 55.8 Å². The lowest BCUT2D eigenvalue weighted by Crippen LogP contribution is -2.09. The summed E-state index contributed by atoms with van der Waals surface area (Å²) in [6.07, 6.45) is 1.70. The quantitative estimate of drug-likeness (QED) is 0.518. The highest BCUT2D eigenvalue weighted by atomic mass is 16.5. The highest BCUT2D eigenvalue weighted by Gasteiger charge is 2.11. The summed E-state index contributed by atoms with van der Waals surface area (Å²) < 4.78 is 10.7. The fraction of sp³-hybridized carbons (Fsp3) is 0.182. The SMILES string of the molecule is COc1cccc(C(C)Nc2cc(-c3ccc4occc4c3)nc(C)n2)c1. The molecule has 0 saturated carbocycles. The average molecular weight is 359 g/mol. The maximum atomic E-state index is 5.42.